The van der Waals surface area contributed by atoms with Gasteiger partial charge >= 0.3 is 0 Å². The van der Waals surface area contributed by atoms with Crippen LogP contribution in [0.25, 0.3) is 0 Å². The molecule has 0 bridgehead atoms. The molecule has 0 N–H and O–H groups in total. The van der Waals surface area contributed by atoms with Crippen LogP contribution in [0.15, 0.2) is 35.4 Å². The third kappa shape index (κ3) is 3.15. The number of Topliss-reactive ketones (excluding diaryl/α,β-unsaturated/α-hetero) is 1. The fourth-order valence-corrected chi connectivity index (χ4v) is 2.69. The largest absolute Gasteiger partial charge is 0.295 e. The lowest BCUT2D eigenvalue weighted by molar-refractivity contribution is -0.117. The molecule has 1 aromatic carbocycles. The lowest BCUT2D eigenvalue weighted by atomic mass is 9.71. The first-order valence-corrected chi connectivity index (χ1v) is 7.07. The first kappa shape index (κ1) is 14.0. The summed E-state index contributed by atoms with van der Waals surface area (Å²) < 4.78 is 0. The second-order valence-electron chi connectivity index (χ2n) is 6.99. The molecule has 1 unspecified atom stereocenters. The lowest BCUT2D eigenvalue weighted by Gasteiger charge is -2.32. The molecule has 0 aromatic heterocycles. The van der Waals surface area contributed by atoms with Gasteiger partial charge in [0.25, 0.3) is 0 Å². The molecule has 1 nitrogen and oxygen atoms in total. The Labute approximate surface area is 116 Å². The predicted molar refractivity (Wildman–Crippen MR) is 80.3 cm³/mol. The molecule has 0 spiro atoms. The van der Waals surface area contributed by atoms with E-state index in [2.05, 4.69) is 58.9 Å². The molecule has 1 heteroatoms. The maximum absolute atomic E-state index is 12.2. The molecule has 0 radical (unpaired) electrons. The number of carbonyl (C=O) groups excluding carboxylic acids is 1. The molecule has 0 heterocycles. The number of aryl methyl sites for hydroxylation is 1. The molecule has 1 aliphatic rings. The van der Waals surface area contributed by atoms with Crippen LogP contribution in [0.1, 0.15) is 57.6 Å². The van der Waals surface area contributed by atoms with Gasteiger partial charge in [0.05, 0.1) is 0 Å². The first-order chi connectivity index (χ1) is 8.78. The van der Waals surface area contributed by atoms with Crippen LogP contribution in [0.4, 0.5) is 0 Å². The minimum atomic E-state index is 0.0826. The minimum Gasteiger partial charge on any atom is -0.295 e. The Balaban J connectivity index is 2.11. The summed E-state index contributed by atoms with van der Waals surface area (Å²) in [7, 11) is 0. The number of rotatable bonds is 3. The van der Waals surface area contributed by atoms with Gasteiger partial charge in [-0.2, -0.15) is 0 Å². The van der Waals surface area contributed by atoms with Crippen LogP contribution >= 0.6 is 0 Å². The molecule has 0 saturated carbocycles. The number of carbonyl (C=O) groups is 1. The van der Waals surface area contributed by atoms with Crippen LogP contribution in [0.5, 0.6) is 0 Å². The first-order valence-electron chi connectivity index (χ1n) is 7.07. The second-order valence-corrected chi connectivity index (χ2v) is 6.99. The number of hydrogen-bond acceptors (Lipinski definition) is 1. The molecule has 19 heavy (non-hydrogen) atoms. The van der Waals surface area contributed by atoms with Crippen molar-refractivity contribution in [2.45, 2.75) is 53.4 Å². The van der Waals surface area contributed by atoms with E-state index in [-0.39, 0.29) is 5.41 Å². The second kappa shape index (κ2) is 4.96. The molecule has 102 valence electrons. The number of hydrogen-bond donors (Lipinski definition) is 0. The molecular formula is C18H24O. The van der Waals surface area contributed by atoms with Crippen molar-refractivity contribution >= 4 is 5.78 Å². The van der Waals surface area contributed by atoms with E-state index in [1.807, 2.05) is 0 Å². The fourth-order valence-electron chi connectivity index (χ4n) is 2.69. The van der Waals surface area contributed by atoms with Gasteiger partial charge in [-0.15, -0.1) is 0 Å². The summed E-state index contributed by atoms with van der Waals surface area (Å²) in [6.07, 6.45) is 1.57. The smallest absolute Gasteiger partial charge is 0.159 e. The standard InChI is InChI=1S/C18H24O/c1-12-6-8-14(9-7-12)15-10-16(13(15)2)17(19)11-18(3,4)5/h6-9,15H,10-11H2,1-5H3. The Morgan fingerprint density at radius 1 is 1.16 bits per heavy atom. The summed E-state index contributed by atoms with van der Waals surface area (Å²) >= 11 is 0. The van der Waals surface area contributed by atoms with Crippen molar-refractivity contribution in [3.05, 3.63) is 46.5 Å². The van der Waals surface area contributed by atoms with Crippen LogP contribution in [-0.4, -0.2) is 5.78 Å². The van der Waals surface area contributed by atoms with E-state index < -0.39 is 0 Å². The number of allylic oxidation sites excluding steroid dienone is 2. The summed E-state index contributed by atoms with van der Waals surface area (Å²) in [5, 5.41) is 0. The van der Waals surface area contributed by atoms with Crippen molar-refractivity contribution in [3.8, 4) is 0 Å². The Hall–Kier alpha value is -1.37. The molecule has 0 fully saturated rings. The van der Waals surface area contributed by atoms with Crippen molar-refractivity contribution in [2.75, 3.05) is 0 Å². The van der Waals surface area contributed by atoms with E-state index >= 15 is 0 Å². The van der Waals surface area contributed by atoms with Gasteiger partial charge in [-0.1, -0.05) is 56.2 Å². The highest BCUT2D eigenvalue weighted by atomic mass is 16.1. The van der Waals surface area contributed by atoms with E-state index in [0.717, 1.165) is 12.0 Å². The van der Waals surface area contributed by atoms with Crippen LogP contribution in [0.2, 0.25) is 0 Å². The van der Waals surface area contributed by atoms with E-state index in [1.54, 1.807) is 0 Å². The van der Waals surface area contributed by atoms with Crippen molar-refractivity contribution < 1.29 is 4.79 Å². The van der Waals surface area contributed by atoms with Gasteiger partial charge in [0, 0.05) is 12.3 Å². The van der Waals surface area contributed by atoms with E-state index in [1.165, 1.54) is 16.7 Å². The topological polar surface area (TPSA) is 17.1 Å². The van der Waals surface area contributed by atoms with Crippen LogP contribution in [0.3, 0.4) is 0 Å². The summed E-state index contributed by atoms with van der Waals surface area (Å²) in [5.74, 6) is 0.799. The highest BCUT2D eigenvalue weighted by molar-refractivity contribution is 5.98. The molecule has 0 amide bonds. The zero-order valence-electron chi connectivity index (χ0n) is 12.7. The van der Waals surface area contributed by atoms with Gasteiger partial charge in [0.1, 0.15) is 0 Å². The number of benzene rings is 1. The lowest BCUT2D eigenvalue weighted by Crippen LogP contribution is -2.24. The SMILES string of the molecule is CC1=C(C(=O)CC(C)(C)C)CC1c1ccc(C)cc1. The molecule has 1 aliphatic carbocycles. The van der Waals surface area contributed by atoms with Gasteiger partial charge in [-0.25, -0.2) is 0 Å². The Morgan fingerprint density at radius 2 is 1.74 bits per heavy atom. The molecule has 1 aromatic rings. The molecule has 2 rings (SSSR count). The minimum absolute atomic E-state index is 0.0826. The predicted octanol–water partition coefficient (Wildman–Crippen LogP) is 4.80. The molecule has 0 aliphatic heterocycles. The van der Waals surface area contributed by atoms with Gasteiger partial charge in [0.15, 0.2) is 5.78 Å². The molecular weight excluding hydrogens is 232 g/mol. The summed E-state index contributed by atoms with van der Waals surface area (Å²) in [4.78, 5) is 12.2. The summed E-state index contributed by atoms with van der Waals surface area (Å²) in [6.45, 7) is 10.6. The average Bonchev–Trinajstić information content (AvgIpc) is 2.27. The summed E-state index contributed by atoms with van der Waals surface area (Å²) in [5.41, 5.74) is 5.06. The van der Waals surface area contributed by atoms with Gasteiger partial charge < -0.3 is 0 Å². The summed E-state index contributed by atoms with van der Waals surface area (Å²) in [6, 6.07) is 8.68. The van der Waals surface area contributed by atoms with Crippen molar-refractivity contribution in [1.82, 2.24) is 0 Å². The van der Waals surface area contributed by atoms with Crippen molar-refractivity contribution in [1.29, 1.82) is 0 Å². The van der Waals surface area contributed by atoms with Crippen molar-refractivity contribution in [2.24, 2.45) is 5.41 Å². The highest BCUT2D eigenvalue weighted by Crippen LogP contribution is 2.43. The normalized spacial score (nSPS) is 19.3. The maximum atomic E-state index is 12.2. The molecule has 1 atom stereocenters. The quantitative estimate of drug-likeness (QED) is 0.759. The Kier molecular flexibility index (Phi) is 3.66. The van der Waals surface area contributed by atoms with Gasteiger partial charge in [-0.3, -0.25) is 4.79 Å². The van der Waals surface area contributed by atoms with Crippen LogP contribution in [-0.2, 0) is 4.79 Å². The number of ketones is 1. The van der Waals surface area contributed by atoms with Crippen LogP contribution in [0, 0.1) is 12.3 Å². The third-order valence-corrected chi connectivity index (χ3v) is 3.91. The zero-order valence-corrected chi connectivity index (χ0v) is 12.7. The van der Waals surface area contributed by atoms with E-state index in [0.29, 0.717) is 18.1 Å². The Bertz CT molecular complexity index is 512. The third-order valence-electron chi connectivity index (χ3n) is 3.91. The zero-order chi connectivity index (χ0) is 14.2. The van der Waals surface area contributed by atoms with Gasteiger partial charge in [-0.05, 0) is 36.8 Å². The maximum Gasteiger partial charge on any atom is 0.159 e. The van der Waals surface area contributed by atoms with Crippen LogP contribution < -0.4 is 0 Å². The Morgan fingerprint density at radius 3 is 2.21 bits per heavy atom. The van der Waals surface area contributed by atoms with Gasteiger partial charge in [0.2, 0.25) is 0 Å². The van der Waals surface area contributed by atoms with E-state index in [4.69, 9.17) is 0 Å². The fraction of sp³-hybridized carbons (Fsp3) is 0.500. The average molecular weight is 256 g/mol. The molecule has 0 saturated heterocycles. The highest BCUT2D eigenvalue weighted by Gasteiger charge is 2.32. The monoisotopic (exact) mass is 256 g/mol. The van der Waals surface area contributed by atoms with E-state index in [9.17, 15) is 4.79 Å². The van der Waals surface area contributed by atoms with Crippen molar-refractivity contribution in [3.63, 3.8) is 0 Å².